The maximum absolute atomic E-state index is 4.21. The summed E-state index contributed by atoms with van der Waals surface area (Å²) in [6.45, 7) is 6.58. The molecule has 0 saturated heterocycles. The Balaban J connectivity index is 2.26. The largest absolute Gasteiger partial charge is 0.140 e. The van der Waals surface area contributed by atoms with Gasteiger partial charge < -0.3 is 0 Å². The second-order valence-electron chi connectivity index (χ2n) is 4.57. The van der Waals surface area contributed by atoms with Crippen molar-refractivity contribution in [3.8, 4) is 0 Å². The summed E-state index contributed by atoms with van der Waals surface area (Å²) in [4.78, 5) is 2.46. The molecule has 0 aliphatic carbocycles. The summed E-state index contributed by atoms with van der Waals surface area (Å²) >= 11 is 3.18. The Morgan fingerprint density at radius 2 is 1.81 bits per heavy atom. The molecule has 1 aromatic heterocycles. The molecule has 84 valence electrons. The number of aromatic nitrogens is 2. The zero-order valence-electron chi connectivity index (χ0n) is 9.60. The Morgan fingerprint density at radius 1 is 1.12 bits per heavy atom. The van der Waals surface area contributed by atoms with E-state index in [-0.39, 0.29) is 5.41 Å². The summed E-state index contributed by atoms with van der Waals surface area (Å²) in [7, 11) is 0. The number of hydrogen-bond acceptors (Lipinski definition) is 4. The maximum Gasteiger partial charge on any atom is 0.140 e. The van der Waals surface area contributed by atoms with E-state index >= 15 is 0 Å². The number of hydrogen-bond donors (Lipinski definition) is 0. The molecular formula is C12H14N2S2. The lowest BCUT2D eigenvalue weighted by Gasteiger charge is -2.16. The summed E-state index contributed by atoms with van der Waals surface area (Å²) in [5.74, 6) is 0. The summed E-state index contributed by atoms with van der Waals surface area (Å²) < 4.78 is 4.06. The third-order valence-electron chi connectivity index (χ3n) is 2.10. The molecule has 2 rings (SSSR count). The molecule has 0 spiro atoms. The van der Waals surface area contributed by atoms with Crippen LogP contribution in [-0.2, 0) is 5.41 Å². The predicted molar refractivity (Wildman–Crippen MR) is 69.2 cm³/mol. The second kappa shape index (κ2) is 4.55. The van der Waals surface area contributed by atoms with Gasteiger partial charge in [-0.05, 0) is 23.7 Å². The Labute approximate surface area is 104 Å². The highest BCUT2D eigenvalue weighted by atomic mass is 32.2. The van der Waals surface area contributed by atoms with Crippen LogP contribution in [0.5, 0.6) is 0 Å². The molecule has 0 N–H and O–H groups in total. The number of rotatable bonds is 2. The molecular weight excluding hydrogens is 236 g/mol. The average molecular weight is 250 g/mol. The molecule has 1 heterocycles. The fourth-order valence-electron chi connectivity index (χ4n) is 1.31. The predicted octanol–water partition coefficient (Wildman–Crippen LogP) is 3.99. The third kappa shape index (κ3) is 2.62. The fourth-order valence-corrected chi connectivity index (χ4v) is 3.19. The van der Waals surface area contributed by atoms with Gasteiger partial charge in [-0.3, -0.25) is 0 Å². The molecule has 0 atom stereocenters. The lowest BCUT2D eigenvalue weighted by Crippen LogP contribution is -2.09. The molecule has 0 aliphatic heterocycles. The van der Waals surface area contributed by atoms with Crippen molar-refractivity contribution >= 4 is 23.3 Å². The minimum atomic E-state index is 0.116. The topological polar surface area (TPSA) is 25.8 Å². The smallest absolute Gasteiger partial charge is 0.131 e. The van der Waals surface area contributed by atoms with Crippen LogP contribution in [0.3, 0.4) is 0 Å². The van der Waals surface area contributed by atoms with Gasteiger partial charge in [-0.25, -0.2) is 0 Å². The molecule has 2 aromatic rings. The fraction of sp³-hybridized carbons (Fsp3) is 0.333. The molecule has 0 saturated carbocycles. The average Bonchev–Trinajstić information content (AvgIpc) is 2.67. The Bertz CT molecular complexity index is 457. The van der Waals surface area contributed by atoms with Crippen molar-refractivity contribution in [2.75, 3.05) is 0 Å². The molecule has 2 nitrogen and oxygen atoms in total. The van der Waals surface area contributed by atoms with Gasteiger partial charge in [0.2, 0.25) is 0 Å². The lowest BCUT2D eigenvalue weighted by molar-refractivity contribution is 0.588. The van der Waals surface area contributed by atoms with E-state index in [0.29, 0.717) is 0 Å². The Hall–Kier alpha value is -0.870. The van der Waals surface area contributed by atoms with Gasteiger partial charge >= 0.3 is 0 Å². The van der Waals surface area contributed by atoms with Crippen molar-refractivity contribution in [2.24, 2.45) is 0 Å². The van der Waals surface area contributed by atoms with Crippen LogP contribution in [0.15, 0.2) is 40.3 Å². The van der Waals surface area contributed by atoms with Crippen molar-refractivity contribution in [1.29, 1.82) is 0 Å². The quantitative estimate of drug-likeness (QED) is 0.806. The van der Waals surface area contributed by atoms with Crippen LogP contribution < -0.4 is 0 Å². The van der Waals surface area contributed by atoms with E-state index < -0.39 is 0 Å². The number of nitrogens with zero attached hydrogens (tertiary/aromatic N) is 2. The standard InChI is InChI=1S/C12H14N2S2/c1-12(2,3)10-11(13-14-16-10)15-9-7-5-4-6-8-9/h4-8H,1-3H3. The highest BCUT2D eigenvalue weighted by molar-refractivity contribution is 7.99. The molecule has 0 amide bonds. The van der Waals surface area contributed by atoms with Crippen molar-refractivity contribution in [1.82, 2.24) is 9.59 Å². The highest BCUT2D eigenvalue weighted by Gasteiger charge is 2.22. The molecule has 0 unspecified atom stereocenters. The van der Waals surface area contributed by atoms with Crippen molar-refractivity contribution in [3.05, 3.63) is 35.2 Å². The van der Waals surface area contributed by atoms with E-state index in [1.165, 1.54) is 21.3 Å². The zero-order chi connectivity index (χ0) is 11.6. The normalized spacial score (nSPS) is 11.7. The van der Waals surface area contributed by atoms with E-state index in [2.05, 4.69) is 42.5 Å². The minimum absolute atomic E-state index is 0.116. The van der Waals surface area contributed by atoms with Crippen LogP contribution in [0.1, 0.15) is 25.6 Å². The van der Waals surface area contributed by atoms with Gasteiger partial charge in [0, 0.05) is 10.3 Å². The summed E-state index contributed by atoms with van der Waals surface area (Å²) in [5, 5.41) is 5.24. The molecule has 1 aromatic carbocycles. The summed E-state index contributed by atoms with van der Waals surface area (Å²) in [6, 6.07) is 10.3. The van der Waals surface area contributed by atoms with Gasteiger partial charge in [0.1, 0.15) is 5.03 Å². The first-order valence-corrected chi connectivity index (χ1v) is 6.72. The third-order valence-corrected chi connectivity index (χ3v) is 4.36. The van der Waals surface area contributed by atoms with E-state index in [0.717, 1.165) is 5.03 Å². The van der Waals surface area contributed by atoms with E-state index in [1.807, 2.05) is 18.2 Å². The van der Waals surface area contributed by atoms with E-state index in [9.17, 15) is 0 Å². The van der Waals surface area contributed by atoms with Crippen LogP contribution >= 0.6 is 23.3 Å². The molecule has 0 bridgehead atoms. The van der Waals surface area contributed by atoms with Crippen LogP contribution in [-0.4, -0.2) is 9.59 Å². The first kappa shape index (κ1) is 11.6. The van der Waals surface area contributed by atoms with Crippen LogP contribution in [0.2, 0.25) is 0 Å². The minimum Gasteiger partial charge on any atom is -0.131 e. The van der Waals surface area contributed by atoms with Crippen molar-refractivity contribution in [3.63, 3.8) is 0 Å². The molecule has 0 radical (unpaired) electrons. The Morgan fingerprint density at radius 3 is 2.44 bits per heavy atom. The zero-order valence-corrected chi connectivity index (χ0v) is 11.2. The van der Waals surface area contributed by atoms with Gasteiger partial charge in [0.15, 0.2) is 0 Å². The van der Waals surface area contributed by atoms with Crippen molar-refractivity contribution in [2.45, 2.75) is 36.1 Å². The summed E-state index contributed by atoms with van der Waals surface area (Å²) in [5.41, 5.74) is 0.116. The SMILES string of the molecule is CC(C)(C)c1snnc1Sc1ccccc1. The van der Waals surface area contributed by atoms with E-state index in [1.54, 1.807) is 11.8 Å². The number of benzene rings is 1. The molecule has 4 heteroatoms. The molecule has 0 aliphatic rings. The Kier molecular flexibility index (Phi) is 3.30. The molecule has 0 fully saturated rings. The highest BCUT2D eigenvalue weighted by Crippen LogP contribution is 2.36. The first-order chi connectivity index (χ1) is 7.57. The van der Waals surface area contributed by atoms with Gasteiger partial charge in [-0.1, -0.05) is 55.2 Å². The van der Waals surface area contributed by atoms with Gasteiger partial charge in [-0.2, -0.15) is 0 Å². The second-order valence-corrected chi connectivity index (χ2v) is 6.39. The monoisotopic (exact) mass is 250 g/mol. The van der Waals surface area contributed by atoms with Crippen LogP contribution in [0.4, 0.5) is 0 Å². The first-order valence-electron chi connectivity index (χ1n) is 5.13. The van der Waals surface area contributed by atoms with Gasteiger partial charge in [0.25, 0.3) is 0 Å². The van der Waals surface area contributed by atoms with Gasteiger partial charge in [-0.15, -0.1) is 5.10 Å². The van der Waals surface area contributed by atoms with Crippen LogP contribution in [0.25, 0.3) is 0 Å². The maximum atomic E-state index is 4.21. The van der Waals surface area contributed by atoms with Crippen LogP contribution in [0, 0.1) is 0 Å². The van der Waals surface area contributed by atoms with Crippen molar-refractivity contribution < 1.29 is 0 Å². The van der Waals surface area contributed by atoms with E-state index in [4.69, 9.17) is 0 Å². The summed E-state index contributed by atoms with van der Waals surface area (Å²) in [6.07, 6.45) is 0. The molecule has 16 heavy (non-hydrogen) atoms. The lowest BCUT2D eigenvalue weighted by atomic mass is 9.95. The van der Waals surface area contributed by atoms with Gasteiger partial charge in [0.05, 0.1) is 4.88 Å².